The van der Waals surface area contributed by atoms with Crippen LogP contribution in [0.1, 0.15) is 42.6 Å². The quantitative estimate of drug-likeness (QED) is 0.690. The molecule has 0 atom stereocenters. The van der Waals surface area contributed by atoms with Gasteiger partial charge in [-0.05, 0) is 32.1 Å². The molecule has 1 aliphatic heterocycles. The summed E-state index contributed by atoms with van der Waals surface area (Å²) < 4.78 is 5.31. The molecular weight excluding hydrogens is 330 g/mol. The normalized spacial score (nSPS) is 18.2. The molecule has 7 nitrogen and oxygen atoms in total. The summed E-state index contributed by atoms with van der Waals surface area (Å²) in [5.74, 6) is 0.538. The zero-order valence-corrected chi connectivity index (χ0v) is 15.4. The summed E-state index contributed by atoms with van der Waals surface area (Å²) >= 11 is 0. The first-order chi connectivity index (χ1) is 12.8. The summed E-state index contributed by atoms with van der Waals surface area (Å²) in [5, 5.41) is 6.18. The number of carbonyl (C=O) groups is 1. The van der Waals surface area contributed by atoms with E-state index in [9.17, 15) is 4.79 Å². The number of anilines is 1. The predicted molar refractivity (Wildman–Crippen MR) is 101 cm³/mol. The van der Waals surface area contributed by atoms with Crippen molar-refractivity contribution in [3.8, 4) is 0 Å². The number of morpholine rings is 1. The molecule has 1 aromatic rings. The molecular formula is C19H29N5O2. The molecule has 1 amide bonds. The van der Waals surface area contributed by atoms with Gasteiger partial charge in [0.2, 0.25) is 0 Å². The summed E-state index contributed by atoms with van der Waals surface area (Å²) in [6.07, 6.45) is 11.6. The van der Waals surface area contributed by atoms with Crippen LogP contribution in [0.2, 0.25) is 0 Å². The van der Waals surface area contributed by atoms with Gasteiger partial charge >= 0.3 is 0 Å². The zero-order chi connectivity index (χ0) is 18.0. The lowest BCUT2D eigenvalue weighted by Crippen LogP contribution is -2.41. The molecule has 1 aromatic heterocycles. The van der Waals surface area contributed by atoms with Crippen molar-refractivity contribution in [1.29, 1.82) is 0 Å². The number of allylic oxidation sites excluding steroid dienone is 1. The maximum absolute atomic E-state index is 12.1. The van der Waals surface area contributed by atoms with Crippen molar-refractivity contribution in [3.05, 3.63) is 29.7 Å². The van der Waals surface area contributed by atoms with Crippen molar-refractivity contribution in [1.82, 2.24) is 20.2 Å². The molecule has 2 N–H and O–H groups in total. The number of rotatable bonds is 8. The van der Waals surface area contributed by atoms with E-state index in [1.54, 1.807) is 6.20 Å². The van der Waals surface area contributed by atoms with Crippen LogP contribution >= 0.6 is 0 Å². The number of nitrogens with zero attached hydrogens (tertiary/aromatic N) is 3. The highest BCUT2D eigenvalue weighted by molar-refractivity contribution is 5.91. The minimum absolute atomic E-state index is 0.176. The molecule has 0 radical (unpaired) electrons. The third kappa shape index (κ3) is 6.07. The van der Waals surface area contributed by atoms with Crippen LogP contribution in [0, 0.1) is 0 Å². The SMILES string of the molecule is O=C(NCCN1CCOCC1)c1cnc(NCCC2=CCCCC2)cn1. The molecule has 1 saturated heterocycles. The van der Waals surface area contributed by atoms with Gasteiger partial charge in [0, 0.05) is 32.7 Å². The smallest absolute Gasteiger partial charge is 0.271 e. The van der Waals surface area contributed by atoms with Gasteiger partial charge in [0.1, 0.15) is 11.5 Å². The second-order valence-electron chi connectivity index (χ2n) is 6.78. The fourth-order valence-corrected chi connectivity index (χ4v) is 3.26. The van der Waals surface area contributed by atoms with Crippen LogP contribution in [0.25, 0.3) is 0 Å². The van der Waals surface area contributed by atoms with Gasteiger partial charge in [-0.25, -0.2) is 9.97 Å². The molecule has 2 aliphatic rings. The Kier molecular flexibility index (Phi) is 7.39. The number of carbonyl (C=O) groups excluding carboxylic acids is 1. The van der Waals surface area contributed by atoms with Gasteiger partial charge in [-0.3, -0.25) is 9.69 Å². The molecule has 3 rings (SSSR count). The van der Waals surface area contributed by atoms with Gasteiger partial charge in [0.15, 0.2) is 0 Å². The number of ether oxygens (including phenoxy) is 1. The Morgan fingerprint density at radius 1 is 1.15 bits per heavy atom. The van der Waals surface area contributed by atoms with Crippen LogP contribution in [-0.2, 0) is 4.74 Å². The van der Waals surface area contributed by atoms with Crippen molar-refractivity contribution in [2.75, 3.05) is 51.3 Å². The van der Waals surface area contributed by atoms with E-state index >= 15 is 0 Å². The molecule has 2 heterocycles. The van der Waals surface area contributed by atoms with E-state index in [-0.39, 0.29) is 5.91 Å². The van der Waals surface area contributed by atoms with E-state index in [1.165, 1.54) is 37.5 Å². The molecule has 142 valence electrons. The molecule has 0 spiro atoms. The number of aromatic nitrogens is 2. The second-order valence-corrected chi connectivity index (χ2v) is 6.78. The lowest BCUT2D eigenvalue weighted by molar-refractivity contribution is 0.0383. The Morgan fingerprint density at radius 2 is 2.04 bits per heavy atom. The molecule has 0 unspecified atom stereocenters. The van der Waals surface area contributed by atoms with E-state index < -0.39 is 0 Å². The van der Waals surface area contributed by atoms with E-state index in [1.807, 2.05) is 0 Å². The lowest BCUT2D eigenvalue weighted by atomic mass is 9.97. The van der Waals surface area contributed by atoms with Crippen molar-refractivity contribution in [3.63, 3.8) is 0 Å². The number of nitrogens with one attached hydrogen (secondary N) is 2. The molecule has 26 heavy (non-hydrogen) atoms. The first-order valence-electron chi connectivity index (χ1n) is 9.63. The third-order valence-corrected chi connectivity index (χ3v) is 4.84. The fourth-order valence-electron chi connectivity index (χ4n) is 3.26. The Bertz CT molecular complexity index is 596. The average molecular weight is 359 g/mol. The van der Waals surface area contributed by atoms with E-state index in [2.05, 4.69) is 31.6 Å². The van der Waals surface area contributed by atoms with Crippen LogP contribution in [0.3, 0.4) is 0 Å². The van der Waals surface area contributed by atoms with Gasteiger partial charge in [-0.1, -0.05) is 11.6 Å². The van der Waals surface area contributed by atoms with Gasteiger partial charge in [-0.2, -0.15) is 0 Å². The van der Waals surface area contributed by atoms with Gasteiger partial charge < -0.3 is 15.4 Å². The van der Waals surface area contributed by atoms with Gasteiger partial charge in [-0.15, -0.1) is 0 Å². The maximum Gasteiger partial charge on any atom is 0.271 e. The highest BCUT2D eigenvalue weighted by Gasteiger charge is 2.12. The molecule has 1 fully saturated rings. The van der Waals surface area contributed by atoms with E-state index in [0.717, 1.165) is 45.8 Å². The molecule has 0 saturated carbocycles. The minimum Gasteiger partial charge on any atom is -0.379 e. The topological polar surface area (TPSA) is 79.4 Å². The standard InChI is InChI=1S/C19H29N5O2/c25-19(21-8-9-24-10-12-26-13-11-24)17-14-23-18(15-22-17)20-7-6-16-4-2-1-3-5-16/h4,14-15H,1-3,5-13H2,(H,20,23)(H,21,25). The Labute approximate surface area is 155 Å². The maximum atomic E-state index is 12.1. The van der Waals surface area contributed by atoms with Crippen LogP contribution < -0.4 is 10.6 Å². The van der Waals surface area contributed by atoms with Gasteiger partial charge in [0.25, 0.3) is 5.91 Å². The first kappa shape index (κ1) is 18.8. The van der Waals surface area contributed by atoms with Crippen molar-refractivity contribution < 1.29 is 9.53 Å². The summed E-state index contributed by atoms with van der Waals surface area (Å²) in [6, 6.07) is 0. The first-order valence-corrected chi connectivity index (χ1v) is 9.63. The van der Waals surface area contributed by atoms with E-state index in [4.69, 9.17) is 4.74 Å². The van der Waals surface area contributed by atoms with Crippen LogP contribution in [0.5, 0.6) is 0 Å². The number of amides is 1. The summed E-state index contributed by atoms with van der Waals surface area (Å²) in [4.78, 5) is 22.9. The zero-order valence-electron chi connectivity index (χ0n) is 15.4. The molecule has 1 aliphatic carbocycles. The fraction of sp³-hybridized carbons (Fsp3) is 0.632. The highest BCUT2D eigenvalue weighted by Crippen LogP contribution is 2.19. The molecule has 0 bridgehead atoms. The Hall–Kier alpha value is -1.99. The Morgan fingerprint density at radius 3 is 2.77 bits per heavy atom. The Balaban J connectivity index is 1.36. The third-order valence-electron chi connectivity index (χ3n) is 4.84. The summed E-state index contributed by atoms with van der Waals surface area (Å²) in [5.41, 5.74) is 1.89. The number of hydrogen-bond acceptors (Lipinski definition) is 6. The van der Waals surface area contributed by atoms with Crippen LogP contribution in [0.4, 0.5) is 5.82 Å². The highest BCUT2D eigenvalue weighted by atomic mass is 16.5. The molecule has 0 aromatic carbocycles. The number of hydrogen-bond donors (Lipinski definition) is 2. The monoisotopic (exact) mass is 359 g/mol. The second kappa shape index (κ2) is 10.2. The van der Waals surface area contributed by atoms with Gasteiger partial charge in [0.05, 0.1) is 25.6 Å². The lowest BCUT2D eigenvalue weighted by Gasteiger charge is -2.26. The minimum atomic E-state index is -0.176. The largest absolute Gasteiger partial charge is 0.379 e. The predicted octanol–water partition coefficient (Wildman–Crippen LogP) is 1.84. The average Bonchev–Trinajstić information content (AvgIpc) is 2.70. The van der Waals surface area contributed by atoms with Crippen molar-refractivity contribution in [2.24, 2.45) is 0 Å². The van der Waals surface area contributed by atoms with Crippen LogP contribution in [0.15, 0.2) is 24.0 Å². The van der Waals surface area contributed by atoms with E-state index in [0.29, 0.717) is 18.1 Å². The summed E-state index contributed by atoms with van der Waals surface area (Å²) in [6.45, 7) is 5.68. The van der Waals surface area contributed by atoms with Crippen molar-refractivity contribution >= 4 is 11.7 Å². The van der Waals surface area contributed by atoms with Crippen LogP contribution in [-0.4, -0.2) is 66.7 Å². The van der Waals surface area contributed by atoms with Crippen molar-refractivity contribution in [2.45, 2.75) is 32.1 Å². The summed E-state index contributed by atoms with van der Waals surface area (Å²) in [7, 11) is 0. The molecule has 7 heteroatoms.